The Hall–Kier alpha value is -0.0800. The summed E-state index contributed by atoms with van der Waals surface area (Å²) in [5.41, 5.74) is 0. The van der Waals surface area contributed by atoms with Gasteiger partial charge >= 0.3 is 0 Å². The van der Waals surface area contributed by atoms with Gasteiger partial charge in [-0.2, -0.15) is 0 Å². The lowest BCUT2D eigenvalue weighted by Gasteiger charge is -2.42. The highest BCUT2D eigenvalue weighted by molar-refractivity contribution is 4.94. The van der Waals surface area contributed by atoms with Crippen LogP contribution in [0.4, 0.5) is 0 Å². The molecule has 2 saturated carbocycles. The zero-order valence-electron chi connectivity index (χ0n) is 11.3. The van der Waals surface area contributed by atoms with Gasteiger partial charge in [-0.25, -0.2) is 0 Å². The third-order valence-corrected chi connectivity index (χ3v) is 5.26. The van der Waals surface area contributed by atoms with Crippen molar-refractivity contribution in [2.45, 2.75) is 76.4 Å². The normalized spacial score (nSPS) is 46.8. The maximum absolute atomic E-state index is 3.97. The molecule has 0 spiro atoms. The maximum Gasteiger partial charge on any atom is 0.0113 e. The lowest BCUT2D eigenvalue weighted by atomic mass is 9.76. The SMILES string of the molecule is CC1CC(NC2CCCCC2C2CCCN2)C1. The number of rotatable bonds is 3. The van der Waals surface area contributed by atoms with Gasteiger partial charge in [0, 0.05) is 18.1 Å². The van der Waals surface area contributed by atoms with Gasteiger partial charge in [-0.05, 0) is 56.9 Å². The molecule has 2 nitrogen and oxygen atoms in total. The van der Waals surface area contributed by atoms with Crippen LogP contribution in [-0.2, 0) is 0 Å². The van der Waals surface area contributed by atoms with Crippen molar-refractivity contribution in [2.24, 2.45) is 11.8 Å². The second-order valence-electron chi connectivity index (χ2n) is 6.70. The van der Waals surface area contributed by atoms with Crippen LogP contribution in [0, 0.1) is 11.8 Å². The van der Waals surface area contributed by atoms with Gasteiger partial charge in [0.05, 0.1) is 0 Å². The van der Waals surface area contributed by atoms with E-state index < -0.39 is 0 Å². The highest BCUT2D eigenvalue weighted by atomic mass is 15.0. The predicted octanol–water partition coefficient (Wildman–Crippen LogP) is 2.69. The minimum atomic E-state index is 0.817. The molecular formula is C15H28N2. The quantitative estimate of drug-likeness (QED) is 0.787. The van der Waals surface area contributed by atoms with Crippen LogP contribution in [0.25, 0.3) is 0 Å². The molecule has 3 atom stereocenters. The molecule has 0 amide bonds. The van der Waals surface area contributed by atoms with Crippen molar-refractivity contribution >= 4 is 0 Å². The molecule has 1 heterocycles. The molecule has 0 aromatic carbocycles. The first kappa shape index (κ1) is 12.0. The molecule has 0 bridgehead atoms. The number of hydrogen-bond donors (Lipinski definition) is 2. The molecule has 98 valence electrons. The van der Waals surface area contributed by atoms with E-state index in [1.54, 1.807) is 0 Å². The standard InChI is InChI=1S/C15H28N2/c1-11-9-12(10-11)17-15-6-3-2-5-13(15)14-7-4-8-16-14/h11-17H,2-10H2,1H3. The first-order chi connectivity index (χ1) is 8.33. The third-order valence-electron chi connectivity index (χ3n) is 5.26. The van der Waals surface area contributed by atoms with Gasteiger partial charge in [0.1, 0.15) is 0 Å². The lowest BCUT2D eigenvalue weighted by Crippen LogP contribution is -2.53. The fourth-order valence-corrected chi connectivity index (χ4v) is 4.27. The average Bonchev–Trinajstić information content (AvgIpc) is 2.81. The van der Waals surface area contributed by atoms with Crippen LogP contribution in [-0.4, -0.2) is 24.7 Å². The fraction of sp³-hybridized carbons (Fsp3) is 1.00. The van der Waals surface area contributed by atoms with E-state index in [-0.39, 0.29) is 0 Å². The second-order valence-corrected chi connectivity index (χ2v) is 6.70. The summed E-state index contributed by atoms with van der Waals surface area (Å²) in [5.74, 6) is 1.89. The summed E-state index contributed by atoms with van der Waals surface area (Å²) in [6.45, 7) is 3.64. The zero-order valence-corrected chi connectivity index (χ0v) is 11.3. The number of hydrogen-bond acceptors (Lipinski definition) is 2. The second kappa shape index (κ2) is 5.27. The topological polar surface area (TPSA) is 24.1 Å². The van der Waals surface area contributed by atoms with Gasteiger partial charge in [0.2, 0.25) is 0 Å². The Morgan fingerprint density at radius 2 is 1.82 bits per heavy atom. The monoisotopic (exact) mass is 236 g/mol. The smallest absolute Gasteiger partial charge is 0.0113 e. The summed E-state index contributed by atoms with van der Waals surface area (Å²) in [5, 5.41) is 7.71. The highest BCUT2D eigenvalue weighted by Gasteiger charge is 2.36. The summed E-state index contributed by atoms with van der Waals surface area (Å²) in [6.07, 6.45) is 11.4. The van der Waals surface area contributed by atoms with E-state index in [1.807, 2.05) is 0 Å². The fourth-order valence-electron chi connectivity index (χ4n) is 4.27. The molecule has 2 N–H and O–H groups in total. The van der Waals surface area contributed by atoms with Crippen molar-refractivity contribution in [3.05, 3.63) is 0 Å². The largest absolute Gasteiger partial charge is 0.314 e. The zero-order chi connectivity index (χ0) is 11.7. The molecule has 3 rings (SSSR count). The van der Waals surface area contributed by atoms with E-state index >= 15 is 0 Å². The van der Waals surface area contributed by atoms with Crippen molar-refractivity contribution in [1.29, 1.82) is 0 Å². The van der Waals surface area contributed by atoms with Crippen LogP contribution in [0.3, 0.4) is 0 Å². The molecule has 0 aromatic rings. The minimum absolute atomic E-state index is 0.817. The van der Waals surface area contributed by atoms with E-state index in [2.05, 4.69) is 17.6 Å². The molecule has 17 heavy (non-hydrogen) atoms. The molecule has 3 aliphatic rings. The van der Waals surface area contributed by atoms with Gasteiger partial charge in [0.25, 0.3) is 0 Å². The first-order valence-electron chi connectivity index (χ1n) is 7.82. The van der Waals surface area contributed by atoms with Crippen LogP contribution >= 0.6 is 0 Å². The Morgan fingerprint density at radius 3 is 2.53 bits per heavy atom. The maximum atomic E-state index is 3.97. The number of nitrogens with one attached hydrogen (secondary N) is 2. The third kappa shape index (κ3) is 2.68. The lowest BCUT2D eigenvalue weighted by molar-refractivity contribution is 0.152. The highest BCUT2D eigenvalue weighted by Crippen LogP contribution is 2.33. The molecule has 2 aliphatic carbocycles. The summed E-state index contributed by atoms with van der Waals surface area (Å²) < 4.78 is 0. The molecule has 0 radical (unpaired) electrons. The van der Waals surface area contributed by atoms with Crippen LogP contribution in [0.15, 0.2) is 0 Å². The van der Waals surface area contributed by atoms with Crippen molar-refractivity contribution in [2.75, 3.05) is 6.54 Å². The Bertz CT molecular complexity index is 241. The summed E-state index contributed by atoms with van der Waals surface area (Å²) in [4.78, 5) is 0. The Morgan fingerprint density at radius 1 is 1.00 bits per heavy atom. The van der Waals surface area contributed by atoms with E-state index in [9.17, 15) is 0 Å². The predicted molar refractivity (Wildman–Crippen MR) is 72.1 cm³/mol. The molecule has 0 aromatic heterocycles. The molecular weight excluding hydrogens is 208 g/mol. The van der Waals surface area contributed by atoms with Gasteiger partial charge < -0.3 is 10.6 Å². The van der Waals surface area contributed by atoms with Crippen molar-refractivity contribution in [3.8, 4) is 0 Å². The summed E-state index contributed by atoms with van der Waals surface area (Å²) in [7, 11) is 0. The van der Waals surface area contributed by atoms with Gasteiger partial charge in [-0.3, -0.25) is 0 Å². The first-order valence-corrected chi connectivity index (χ1v) is 7.82. The van der Waals surface area contributed by atoms with E-state index in [0.29, 0.717) is 0 Å². The average molecular weight is 236 g/mol. The van der Waals surface area contributed by atoms with Crippen LogP contribution in [0.2, 0.25) is 0 Å². The molecule has 1 aliphatic heterocycles. The minimum Gasteiger partial charge on any atom is -0.314 e. The van der Waals surface area contributed by atoms with Crippen LogP contribution in [0.1, 0.15) is 58.3 Å². The van der Waals surface area contributed by atoms with Crippen molar-refractivity contribution in [1.82, 2.24) is 10.6 Å². The Balaban J connectivity index is 1.55. The molecule has 1 saturated heterocycles. The van der Waals surface area contributed by atoms with E-state index in [0.717, 1.165) is 30.0 Å². The Labute approximate surface area is 106 Å². The summed E-state index contributed by atoms with van der Waals surface area (Å²) >= 11 is 0. The van der Waals surface area contributed by atoms with Crippen molar-refractivity contribution < 1.29 is 0 Å². The van der Waals surface area contributed by atoms with Gasteiger partial charge in [0.15, 0.2) is 0 Å². The molecule has 2 heteroatoms. The van der Waals surface area contributed by atoms with Gasteiger partial charge in [-0.1, -0.05) is 19.8 Å². The van der Waals surface area contributed by atoms with Gasteiger partial charge in [-0.15, -0.1) is 0 Å². The van der Waals surface area contributed by atoms with Crippen LogP contribution in [0.5, 0.6) is 0 Å². The van der Waals surface area contributed by atoms with Crippen LogP contribution < -0.4 is 10.6 Å². The van der Waals surface area contributed by atoms with Crippen molar-refractivity contribution in [3.63, 3.8) is 0 Å². The van der Waals surface area contributed by atoms with E-state index in [4.69, 9.17) is 0 Å². The molecule has 3 unspecified atom stereocenters. The summed E-state index contributed by atoms with van der Waals surface area (Å²) in [6, 6.07) is 2.49. The van der Waals surface area contributed by atoms with E-state index in [1.165, 1.54) is 57.9 Å². The molecule has 3 fully saturated rings. The Kier molecular flexibility index (Phi) is 3.72.